The second-order valence-corrected chi connectivity index (χ2v) is 6.55. The molecule has 3 nitrogen and oxygen atoms in total. The van der Waals surface area contributed by atoms with Crippen molar-refractivity contribution < 1.29 is 9.90 Å². The van der Waals surface area contributed by atoms with Gasteiger partial charge < -0.3 is 10.4 Å². The fourth-order valence-electron chi connectivity index (χ4n) is 2.56. The molecule has 2 N–H and O–H groups in total. The molecule has 0 saturated carbocycles. The zero-order valence-corrected chi connectivity index (χ0v) is 13.0. The molecule has 0 spiro atoms. The molecule has 20 heavy (non-hydrogen) atoms. The molecule has 1 aromatic rings. The predicted molar refractivity (Wildman–Crippen MR) is 83.0 cm³/mol. The van der Waals surface area contributed by atoms with E-state index in [0.29, 0.717) is 6.54 Å². The van der Waals surface area contributed by atoms with E-state index in [9.17, 15) is 9.90 Å². The normalized spacial score (nSPS) is 17.9. The lowest BCUT2D eigenvalue weighted by Crippen LogP contribution is -2.41. The fourth-order valence-corrected chi connectivity index (χ4v) is 3.79. The smallest absolute Gasteiger partial charge is 0.228 e. The van der Waals surface area contributed by atoms with Crippen molar-refractivity contribution in [3.8, 4) is 0 Å². The van der Waals surface area contributed by atoms with Gasteiger partial charge in [-0.25, -0.2) is 0 Å². The van der Waals surface area contributed by atoms with E-state index < -0.39 is 0 Å². The Hall–Kier alpha value is -1.00. The Morgan fingerprint density at radius 1 is 1.40 bits per heavy atom. The van der Waals surface area contributed by atoms with Crippen molar-refractivity contribution in [2.45, 2.75) is 37.5 Å². The van der Waals surface area contributed by atoms with Crippen molar-refractivity contribution in [3.05, 3.63) is 29.8 Å². The van der Waals surface area contributed by atoms with Crippen molar-refractivity contribution >= 4 is 17.7 Å². The second-order valence-electron chi connectivity index (χ2n) is 5.48. The van der Waals surface area contributed by atoms with Gasteiger partial charge in [-0.05, 0) is 24.5 Å². The molecule has 1 atom stereocenters. The molecule has 1 amide bonds. The number of carbonyl (C=O) groups is 1. The Kier molecular flexibility index (Phi) is 5.11. The molecule has 0 aliphatic carbocycles. The highest BCUT2D eigenvalue weighted by atomic mass is 32.2. The van der Waals surface area contributed by atoms with E-state index >= 15 is 0 Å². The van der Waals surface area contributed by atoms with Crippen LogP contribution in [0.15, 0.2) is 29.2 Å². The number of amides is 1. The number of nitrogens with one attached hydrogen (secondary N) is 1. The zero-order chi connectivity index (χ0) is 14.6. The highest BCUT2D eigenvalue weighted by molar-refractivity contribution is 7.99. The van der Waals surface area contributed by atoms with E-state index in [-0.39, 0.29) is 23.8 Å². The Balaban J connectivity index is 2.00. The van der Waals surface area contributed by atoms with Crippen molar-refractivity contribution in [2.24, 2.45) is 5.41 Å². The minimum absolute atomic E-state index is 0.0543. The first-order chi connectivity index (χ1) is 9.65. The predicted octanol–water partition coefficient (Wildman–Crippen LogP) is 2.79. The van der Waals surface area contributed by atoms with E-state index in [4.69, 9.17) is 0 Å². The van der Waals surface area contributed by atoms with Crippen molar-refractivity contribution in [2.75, 3.05) is 18.9 Å². The lowest BCUT2D eigenvalue weighted by Gasteiger charge is -2.30. The molecule has 0 fully saturated rings. The van der Waals surface area contributed by atoms with Crippen LogP contribution in [0.2, 0.25) is 0 Å². The molecule has 1 aliphatic rings. The summed E-state index contributed by atoms with van der Waals surface area (Å²) < 4.78 is 0. The van der Waals surface area contributed by atoms with Crippen molar-refractivity contribution in [3.63, 3.8) is 0 Å². The van der Waals surface area contributed by atoms with Crippen molar-refractivity contribution in [1.29, 1.82) is 0 Å². The lowest BCUT2D eigenvalue weighted by molar-refractivity contribution is -0.122. The monoisotopic (exact) mass is 293 g/mol. The van der Waals surface area contributed by atoms with E-state index in [1.807, 2.05) is 18.2 Å². The van der Waals surface area contributed by atoms with Gasteiger partial charge in [-0.15, -0.1) is 11.8 Å². The van der Waals surface area contributed by atoms with Crippen LogP contribution < -0.4 is 5.32 Å². The second kappa shape index (κ2) is 6.64. The first-order valence-electron chi connectivity index (χ1n) is 7.26. The summed E-state index contributed by atoms with van der Waals surface area (Å²) in [6.07, 6.45) is 1.74. The molecular formula is C16H23NO2S. The van der Waals surface area contributed by atoms with E-state index in [1.54, 1.807) is 11.8 Å². The number of hydrogen-bond donors (Lipinski definition) is 2. The summed E-state index contributed by atoms with van der Waals surface area (Å²) in [6.45, 7) is 4.80. The van der Waals surface area contributed by atoms with Gasteiger partial charge in [0.2, 0.25) is 5.91 Å². The van der Waals surface area contributed by atoms with E-state index in [0.717, 1.165) is 24.2 Å². The number of benzene rings is 1. The van der Waals surface area contributed by atoms with Gasteiger partial charge in [-0.1, -0.05) is 32.0 Å². The van der Waals surface area contributed by atoms with Gasteiger partial charge >= 0.3 is 0 Å². The van der Waals surface area contributed by atoms with Gasteiger partial charge in [-0.3, -0.25) is 4.79 Å². The van der Waals surface area contributed by atoms with Gasteiger partial charge in [0.05, 0.1) is 12.5 Å². The molecule has 4 heteroatoms. The van der Waals surface area contributed by atoms with Gasteiger partial charge in [-0.2, -0.15) is 0 Å². The summed E-state index contributed by atoms with van der Waals surface area (Å²) >= 11 is 1.74. The first kappa shape index (κ1) is 15.4. The Morgan fingerprint density at radius 2 is 2.10 bits per heavy atom. The van der Waals surface area contributed by atoms with Crippen molar-refractivity contribution in [1.82, 2.24) is 5.32 Å². The quantitative estimate of drug-likeness (QED) is 0.848. The van der Waals surface area contributed by atoms with E-state index in [1.165, 1.54) is 4.90 Å². The molecule has 0 bridgehead atoms. The zero-order valence-electron chi connectivity index (χ0n) is 12.2. The molecule has 0 radical (unpaired) electrons. The van der Waals surface area contributed by atoms with Gasteiger partial charge in [0.1, 0.15) is 0 Å². The molecule has 2 rings (SSSR count). The standard InChI is InChI=1S/C16H23NO2S/c1-3-16(4-2,11-18)10-17-15(19)13-9-20-14-8-6-5-7-12(13)14/h5-8,13,18H,3-4,9-11H2,1-2H3,(H,17,19). The third-order valence-corrected chi connectivity index (χ3v) is 5.67. The Bertz CT molecular complexity index is 463. The van der Waals surface area contributed by atoms with Crippen LogP contribution in [0, 0.1) is 5.41 Å². The maximum Gasteiger partial charge on any atom is 0.228 e. The fraction of sp³-hybridized carbons (Fsp3) is 0.562. The average molecular weight is 293 g/mol. The Labute approximate surface area is 125 Å². The summed E-state index contributed by atoms with van der Waals surface area (Å²) in [4.78, 5) is 13.6. The third-order valence-electron chi connectivity index (χ3n) is 4.49. The maximum absolute atomic E-state index is 12.4. The minimum Gasteiger partial charge on any atom is -0.396 e. The number of hydrogen-bond acceptors (Lipinski definition) is 3. The summed E-state index contributed by atoms with van der Waals surface area (Å²) in [5.41, 5.74) is 0.957. The molecule has 1 aromatic carbocycles. The number of thioether (sulfide) groups is 1. The van der Waals surface area contributed by atoms with Crippen LogP contribution in [0.4, 0.5) is 0 Å². The van der Waals surface area contributed by atoms with Gasteiger partial charge in [0, 0.05) is 22.6 Å². The SMILES string of the molecule is CCC(CC)(CO)CNC(=O)C1CSc2ccccc21. The van der Waals surface area contributed by atoms with Gasteiger partial charge in [0.25, 0.3) is 0 Å². The van der Waals surface area contributed by atoms with Crippen LogP contribution in [0.1, 0.15) is 38.2 Å². The van der Waals surface area contributed by atoms with Crippen LogP contribution in [0.5, 0.6) is 0 Å². The molecule has 1 unspecified atom stereocenters. The summed E-state index contributed by atoms with van der Waals surface area (Å²) in [5.74, 6) is 0.846. The summed E-state index contributed by atoms with van der Waals surface area (Å²) in [7, 11) is 0. The third kappa shape index (κ3) is 3.01. The average Bonchev–Trinajstić information content (AvgIpc) is 2.93. The molecule has 1 heterocycles. The molecule has 1 aliphatic heterocycles. The maximum atomic E-state index is 12.4. The first-order valence-corrected chi connectivity index (χ1v) is 8.24. The number of aliphatic hydroxyl groups excluding tert-OH is 1. The van der Waals surface area contributed by atoms with Crippen LogP contribution in [-0.4, -0.2) is 29.9 Å². The molecule has 110 valence electrons. The van der Waals surface area contributed by atoms with Crippen LogP contribution in [0.3, 0.4) is 0 Å². The largest absolute Gasteiger partial charge is 0.396 e. The van der Waals surface area contributed by atoms with Crippen LogP contribution >= 0.6 is 11.8 Å². The van der Waals surface area contributed by atoms with E-state index in [2.05, 4.69) is 25.2 Å². The number of rotatable bonds is 6. The number of carbonyl (C=O) groups excluding carboxylic acids is 1. The summed E-state index contributed by atoms with van der Waals surface area (Å²) in [5, 5.41) is 12.6. The highest BCUT2D eigenvalue weighted by Crippen LogP contribution is 2.39. The van der Waals surface area contributed by atoms with Crippen LogP contribution in [-0.2, 0) is 4.79 Å². The minimum atomic E-state index is -0.180. The lowest BCUT2D eigenvalue weighted by atomic mass is 9.83. The molecule has 0 saturated heterocycles. The molecule has 0 aromatic heterocycles. The van der Waals surface area contributed by atoms with Gasteiger partial charge in [0.15, 0.2) is 0 Å². The topological polar surface area (TPSA) is 49.3 Å². The summed E-state index contributed by atoms with van der Waals surface area (Å²) in [6, 6.07) is 8.11. The molecular weight excluding hydrogens is 270 g/mol. The van der Waals surface area contributed by atoms with Crippen LogP contribution in [0.25, 0.3) is 0 Å². The number of aliphatic hydroxyl groups is 1. The highest BCUT2D eigenvalue weighted by Gasteiger charge is 2.31. The number of fused-ring (bicyclic) bond motifs is 1. The Morgan fingerprint density at radius 3 is 2.75 bits per heavy atom.